The maximum absolute atomic E-state index is 13.7. The van der Waals surface area contributed by atoms with E-state index in [9.17, 15) is 4.39 Å². The summed E-state index contributed by atoms with van der Waals surface area (Å²) >= 11 is 9.11. The summed E-state index contributed by atoms with van der Waals surface area (Å²) in [7, 11) is 0. The maximum atomic E-state index is 13.7. The van der Waals surface area contributed by atoms with E-state index in [1.54, 1.807) is 12.3 Å². The first-order chi connectivity index (χ1) is 10.6. The van der Waals surface area contributed by atoms with Crippen LogP contribution in [0.5, 0.6) is 5.88 Å². The molecule has 0 bridgehead atoms. The van der Waals surface area contributed by atoms with Gasteiger partial charge in [-0.15, -0.1) is 0 Å². The number of hydrogen-bond acceptors (Lipinski definition) is 4. The van der Waals surface area contributed by atoms with Gasteiger partial charge in [0.15, 0.2) is 5.15 Å². The van der Waals surface area contributed by atoms with Crippen LogP contribution < -0.4 is 4.74 Å². The van der Waals surface area contributed by atoms with Crippen molar-refractivity contribution in [3.63, 3.8) is 0 Å². The molecule has 0 saturated carbocycles. The summed E-state index contributed by atoms with van der Waals surface area (Å²) in [6, 6.07) is 5.01. The fourth-order valence-electron chi connectivity index (χ4n) is 2.42. The highest BCUT2D eigenvalue weighted by atomic mass is 79.9. The van der Waals surface area contributed by atoms with Crippen molar-refractivity contribution in [2.45, 2.75) is 6.54 Å². The third-order valence-corrected chi connectivity index (χ3v) is 4.16. The van der Waals surface area contributed by atoms with Crippen molar-refractivity contribution in [1.29, 1.82) is 0 Å². The fraction of sp³-hybridized carbons (Fsp3) is 0.333. The Bertz CT molecular complexity index is 667. The molecule has 1 aromatic carbocycles. The molecule has 116 valence electrons. The second kappa shape index (κ2) is 6.89. The highest BCUT2D eigenvalue weighted by Gasteiger charge is 2.28. The quantitative estimate of drug-likeness (QED) is 0.788. The first-order valence-corrected chi connectivity index (χ1v) is 8.04. The molecule has 1 aliphatic rings. The summed E-state index contributed by atoms with van der Waals surface area (Å²) in [5.41, 5.74) is 0.703. The molecule has 1 saturated heterocycles. The van der Waals surface area contributed by atoms with E-state index in [4.69, 9.17) is 16.3 Å². The average Bonchev–Trinajstić information content (AvgIpc) is 2.45. The predicted molar refractivity (Wildman–Crippen MR) is 85.4 cm³/mol. The second-order valence-electron chi connectivity index (χ2n) is 5.29. The Labute approximate surface area is 141 Å². The zero-order valence-corrected chi connectivity index (χ0v) is 14.0. The first kappa shape index (κ1) is 15.6. The number of benzene rings is 1. The molecular weight excluding hydrogens is 373 g/mol. The maximum Gasteiger partial charge on any atom is 0.233 e. The van der Waals surface area contributed by atoms with Crippen LogP contribution in [-0.2, 0) is 6.54 Å². The topological polar surface area (TPSA) is 38.2 Å². The van der Waals surface area contributed by atoms with Gasteiger partial charge in [0.25, 0.3) is 0 Å². The van der Waals surface area contributed by atoms with Crippen LogP contribution in [0.15, 0.2) is 35.1 Å². The summed E-state index contributed by atoms with van der Waals surface area (Å²) in [5.74, 6) is 0.678. The van der Waals surface area contributed by atoms with E-state index >= 15 is 0 Å². The SMILES string of the molecule is Fc1ccc(Br)cc1CN1CC(COc2cncc(Cl)n2)C1. The van der Waals surface area contributed by atoms with Crippen molar-refractivity contribution in [1.82, 2.24) is 14.9 Å². The van der Waals surface area contributed by atoms with Crippen LogP contribution in [0.3, 0.4) is 0 Å². The van der Waals surface area contributed by atoms with Gasteiger partial charge in [0, 0.05) is 35.6 Å². The molecule has 22 heavy (non-hydrogen) atoms. The summed E-state index contributed by atoms with van der Waals surface area (Å²) in [4.78, 5) is 10.1. The Hall–Kier alpha value is -1.24. The summed E-state index contributed by atoms with van der Waals surface area (Å²) in [6.07, 6.45) is 3.01. The van der Waals surface area contributed by atoms with Crippen molar-refractivity contribution in [2.24, 2.45) is 5.92 Å². The Morgan fingerprint density at radius 1 is 1.36 bits per heavy atom. The van der Waals surface area contributed by atoms with Crippen molar-refractivity contribution < 1.29 is 9.13 Å². The highest BCUT2D eigenvalue weighted by Crippen LogP contribution is 2.23. The highest BCUT2D eigenvalue weighted by molar-refractivity contribution is 9.10. The lowest BCUT2D eigenvalue weighted by molar-refractivity contribution is 0.0534. The lowest BCUT2D eigenvalue weighted by Crippen LogP contribution is -2.48. The summed E-state index contributed by atoms with van der Waals surface area (Å²) in [6.45, 7) is 2.92. The molecule has 0 N–H and O–H groups in total. The minimum absolute atomic E-state index is 0.169. The number of aromatic nitrogens is 2. The van der Waals surface area contributed by atoms with Gasteiger partial charge in [-0.2, -0.15) is 4.98 Å². The Morgan fingerprint density at radius 2 is 2.18 bits per heavy atom. The number of halogens is 3. The largest absolute Gasteiger partial charge is 0.476 e. The van der Waals surface area contributed by atoms with Gasteiger partial charge in [0.1, 0.15) is 5.82 Å². The Balaban J connectivity index is 1.45. The van der Waals surface area contributed by atoms with E-state index < -0.39 is 0 Å². The second-order valence-corrected chi connectivity index (χ2v) is 6.59. The third kappa shape index (κ3) is 3.94. The zero-order valence-electron chi connectivity index (χ0n) is 11.7. The summed E-state index contributed by atoms with van der Waals surface area (Å²) < 4.78 is 20.2. The lowest BCUT2D eigenvalue weighted by Gasteiger charge is -2.39. The molecule has 1 aliphatic heterocycles. The molecule has 0 radical (unpaired) electrons. The van der Waals surface area contributed by atoms with Crippen LogP contribution in [0.1, 0.15) is 5.56 Å². The normalized spacial score (nSPS) is 15.6. The number of ether oxygens (including phenoxy) is 1. The predicted octanol–water partition coefficient (Wildman–Crippen LogP) is 3.54. The van der Waals surface area contributed by atoms with Gasteiger partial charge < -0.3 is 4.74 Å². The van der Waals surface area contributed by atoms with Crippen LogP contribution in [0.25, 0.3) is 0 Å². The summed E-state index contributed by atoms with van der Waals surface area (Å²) in [5, 5.41) is 0.317. The Morgan fingerprint density at radius 3 is 2.95 bits per heavy atom. The van der Waals surface area contributed by atoms with Gasteiger partial charge in [-0.3, -0.25) is 9.88 Å². The van der Waals surface area contributed by atoms with Gasteiger partial charge in [-0.1, -0.05) is 27.5 Å². The smallest absolute Gasteiger partial charge is 0.233 e. The van der Waals surface area contributed by atoms with Gasteiger partial charge in [0.2, 0.25) is 5.88 Å². The van der Waals surface area contributed by atoms with Gasteiger partial charge in [-0.25, -0.2) is 4.39 Å². The fourth-order valence-corrected chi connectivity index (χ4v) is 2.96. The van der Waals surface area contributed by atoms with E-state index in [2.05, 4.69) is 30.8 Å². The van der Waals surface area contributed by atoms with E-state index in [1.165, 1.54) is 12.3 Å². The molecule has 2 heterocycles. The zero-order chi connectivity index (χ0) is 15.5. The minimum atomic E-state index is -0.169. The molecule has 1 aromatic heterocycles. The van der Waals surface area contributed by atoms with Crippen LogP contribution in [-0.4, -0.2) is 34.6 Å². The van der Waals surface area contributed by atoms with Crippen molar-refractivity contribution in [2.75, 3.05) is 19.7 Å². The number of hydrogen-bond donors (Lipinski definition) is 0. The van der Waals surface area contributed by atoms with Crippen LogP contribution >= 0.6 is 27.5 Å². The molecule has 0 atom stereocenters. The van der Waals surface area contributed by atoms with Gasteiger partial charge >= 0.3 is 0 Å². The third-order valence-electron chi connectivity index (χ3n) is 3.48. The van der Waals surface area contributed by atoms with Crippen molar-refractivity contribution in [3.8, 4) is 5.88 Å². The molecule has 1 fully saturated rings. The lowest BCUT2D eigenvalue weighted by atomic mass is 10.0. The van der Waals surface area contributed by atoms with E-state index in [-0.39, 0.29) is 5.82 Å². The van der Waals surface area contributed by atoms with E-state index in [1.807, 2.05) is 6.07 Å². The molecule has 7 heteroatoms. The standard InChI is InChI=1S/C15H14BrClFN3O/c16-12-1-2-13(18)11(3-12)8-21-6-10(7-21)9-22-15-5-19-4-14(17)20-15/h1-5,10H,6-9H2. The number of nitrogens with zero attached hydrogens (tertiary/aromatic N) is 3. The van der Waals surface area contributed by atoms with Crippen LogP contribution in [0.4, 0.5) is 4.39 Å². The number of likely N-dealkylation sites (tertiary alicyclic amines) is 1. The van der Waals surface area contributed by atoms with E-state index in [0.717, 1.165) is 17.6 Å². The number of rotatable bonds is 5. The van der Waals surface area contributed by atoms with Crippen LogP contribution in [0.2, 0.25) is 5.15 Å². The van der Waals surface area contributed by atoms with Gasteiger partial charge in [0.05, 0.1) is 19.0 Å². The average molecular weight is 387 g/mol. The van der Waals surface area contributed by atoms with E-state index in [0.29, 0.717) is 35.7 Å². The van der Waals surface area contributed by atoms with Crippen molar-refractivity contribution in [3.05, 3.63) is 51.6 Å². The van der Waals surface area contributed by atoms with Crippen LogP contribution in [0, 0.1) is 11.7 Å². The molecule has 4 nitrogen and oxygen atoms in total. The molecule has 0 aliphatic carbocycles. The van der Waals surface area contributed by atoms with Crippen molar-refractivity contribution >= 4 is 27.5 Å². The molecule has 0 spiro atoms. The molecule has 0 amide bonds. The molecule has 0 unspecified atom stereocenters. The first-order valence-electron chi connectivity index (χ1n) is 6.87. The van der Waals surface area contributed by atoms with Gasteiger partial charge in [-0.05, 0) is 18.2 Å². The molecular formula is C15H14BrClFN3O. The minimum Gasteiger partial charge on any atom is -0.476 e. The molecule has 3 rings (SSSR count). The Kier molecular flexibility index (Phi) is 4.90. The monoisotopic (exact) mass is 385 g/mol. The molecule has 2 aromatic rings.